The van der Waals surface area contributed by atoms with Gasteiger partial charge in [-0.2, -0.15) is 23.4 Å². The molecule has 5 aromatic heterocycles. The summed E-state index contributed by atoms with van der Waals surface area (Å²) < 4.78 is 43.5. The standard InChI is InChI=1S/C22H16F3N7O/c23-22(24,25)14-4-3-8-32-18(14)10-16(29-32)20-19-15(26-12-27-19)6-9-30(20)21(33)13-11-28-31-7-2-1-5-17(13)31/h1-5,7-8,10-12,20H,6,9H2,(H,26,27). The first-order chi connectivity index (χ1) is 15.9. The summed E-state index contributed by atoms with van der Waals surface area (Å²) in [6.07, 6.45) is 2.23. The van der Waals surface area contributed by atoms with Crippen molar-refractivity contribution in [2.45, 2.75) is 18.6 Å². The van der Waals surface area contributed by atoms with Crippen molar-refractivity contribution in [2.24, 2.45) is 0 Å². The predicted molar refractivity (Wildman–Crippen MR) is 111 cm³/mol. The molecule has 6 heterocycles. The summed E-state index contributed by atoms with van der Waals surface area (Å²) in [6.45, 7) is 0.350. The fraction of sp³-hybridized carbons (Fsp3) is 0.182. The Balaban J connectivity index is 1.50. The third kappa shape index (κ3) is 2.99. The molecule has 5 aromatic rings. The summed E-state index contributed by atoms with van der Waals surface area (Å²) >= 11 is 0. The molecule has 0 bridgehead atoms. The molecule has 0 saturated heterocycles. The highest BCUT2D eigenvalue weighted by atomic mass is 19.4. The third-order valence-corrected chi connectivity index (χ3v) is 5.95. The number of hydrogen-bond donors (Lipinski definition) is 1. The van der Waals surface area contributed by atoms with Crippen molar-refractivity contribution in [3.8, 4) is 0 Å². The highest BCUT2D eigenvalue weighted by Gasteiger charge is 2.38. The van der Waals surface area contributed by atoms with E-state index < -0.39 is 17.8 Å². The zero-order valence-corrected chi connectivity index (χ0v) is 17.0. The van der Waals surface area contributed by atoms with Crippen LogP contribution in [0.25, 0.3) is 11.0 Å². The molecular formula is C22H16F3N7O. The normalized spacial score (nSPS) is 16.5. The maximum Gasteiger partial charge on any atom is 0.418 e. The minimum Gasteiger partial charge on any atom is -0.348 e. The lowest BCUT2D eigenvalue weighted by molar-refractivity contribution is -0.136. The predicted octanol–water partition coefficient (Wildman–Crippen LogP) is 3.51. The Morgan fingerprint density at radius 1 is 1.09 bits per heavy atom. The molecule has 0 aromatic carbocycles. The van der Waals surface area contributed by atoms with Crippen LogP contribution in [0.2, 0.25) is 0 Å². The van der Waals surface area contributed by atoms with Crippen LogP contribution in [-0.2, 0) is 12.6 Å². The van der Waals surface area contributed by atoms with Gasteiger partial charge in [0.15, 0.2) is 0 Å². The summed E-state index contributed by atoms with van der Waals surface area (Å²) in [5.41, 5.74) is 1.89. The van der Waals surface area contributed by atoms with Crippen LogP contribution in [0.5, 0.6) is 0 Å². The highest BCUT2D eigenvalue weighted by molar-refractivity contribution is 6.01. The average molecular weight is 451 g/mol. The quantitative estimate of drug-likeness (QED) is 0.445. The monoisotopic (exact) mass is 451 g/mol. The maximum absolute atomic E-state index is 13.7. The minimum atomic E-state index is -4.53. The Kier molecular flexibility index (Phi) is 4.10. The number of carbonyl (C=O) groups is 1. The second-order valence-corrected chi connectivity index (χ2v) is 7.82. The molecule has 33 heavy (non-hydrogen) atoms. The van der Waals surface area contributed by atoms with Gasteiger partial charge in [0.2, 0.25) is 0 Å². The van der Waals surface area contributed by atoms with Crippen LogP contribution >= 0.6 is 0 Å². The average Bonchev–Trinajstić information content (AvgIpc) is 3.54. The zero-order valence-electron chi connectivity index (χ0n) is 17.0. The Hall–Kier alpha value is -4.15. The van der Waals surface area contributed by atoms with E-state index in [2.05, 4.69) is 20.2 Å². The number of pyridine rings is 2. The fourth-order valence-corrected chi connectivity index (χ4v) is 4.46. The summed E-state index contributed by atoms with van der Waals surface area (Å²) in [7, 11) is 0. The summed E-state index contributed by atoms with van der Waals surface area (Å²) in [5, 5.41) is 8.66. The summed E-state index contributed by atoms with van der Waals surface area (Å²) in [5.74, 6) is -0.289. The number of aromatic amines is 1. The molecular weight excluding hydrogens is 435 g/mol. The molecule has 6 rings (SSSR count). The Morgan fingerprint density at radius 3 is 2.79 bits per heavy atom. The number of nitrogens with zero attached hydrogens (tertiary/aromatic N) is 6. The summed E-state index contributed by atoms with van der Waals surface area (Å²) in [4.78, 5) is 22.7. The van der Waals surface area contributed by atoms with Crippen molar-refractivity contribution in [2.75, 3.05) is 6.54 Å². The molecule has 0 radical (unpaired) electrons. The van der Waals surface area contributed by atoms with Gasteiger partial charge in [-0.3, -0.25) is 4.79 Å². The largest absolute Gasteiger partial charge is 0.418 e. The van der Waals surface area contributed by atoms with Gasteiger partial charge in [-0.05, 0) is 30.3 Å². The number of amides is 1. The first kappa shape index (κ1) is 19.5. The van der Waals surface area contributed by atoms with Gasteiger partial charge in [0.05, 0.1) is 46.1 Å². The van der Waals surface area contributed by atoms with E-state index in [1.807, 2.05) is 12.1 Å². The zero-order chi connectivity index (χ0) is 22.7. The number of hydrogen-bond acceptors (Lipinski definition) is 4. The molecule has 11 heteroatoms. The van der Waals surface area contributed by atoms with Gasteiger partial charge in [-0.25, -0.2) is 14.0 Å². The molecule has 166 valence electrons. The number of carbonyl (C=O) groups excluding carboxylic acids is 1. The van der Waals surface area contributed by atoms with E-state index in [1.165, 1.54) is 35.4 Å². The van der Waals surface area contributed by atoms with Crippen LogP contribution in [0.15, 0.2) is 61.3 Å². The first-order valence-electron chi connectivity index (χ1n) is 10.2. The number of imidazole rings is 1. The van der Waals surface area contributed by atoms with Crippen LogP contribution in [0.1, 0.15) is 39.0 Å². The molecule has 0 fully saturated rings. The van der Waals surface area contributed by atoms with E-state index in [4.69, 9.17) is 0 Å². The molecule has 1 aliphatic heterocycles. The molecule has 8 nitrogen and oxygen atoms in total. The van der Waals surface area contributed by atoms with Crippen LogP contribution in [0, 0.1) is 0 Å². The maximum atomic E-state index is 13.7. The lowest BCUT2D eigenvalue weighted by atomic mass is 9.98. The van der Waals surface area contributed by atoms with Crippen molar-refractivity contribution in [3.63, 3.8) is 0 Å². The van der Waals surface area contributed by atoms with Gasteiger partial charge < -0.3 is 9.88 Å². The molecule has 1 N–H and O–H groups in total. The van der Waals surface area contributed by atoms with Gasteiger partial charge in [-0.1, -0.05) is 6.07 Å². The molecule has 1 unspecified atom stereocenters. The Morgan fingerprint density at radius 2 is 1.94 bits per heavy atom. The second-order valence-electron chi connectivity index (χ2n) is 7.82. The van der Waals surface area contributed by atoms with Gasteiger partial charge in [-0.15, -0.1) is 0 Å². The van der Waals surface area contributed by atoms with Gasteiger partial charge in [0, 0.05) is 31.1 Å². The minimum absolute atomic E-state index is 0.0777. The number of rotatable bonds is 2. The second kappa shape index (κ2) is 6.92. The van der Waals surface area contributed by atoms with Crippen LogP contribution in [0.3, 0.4) is 0 Å². The fourth-order valence-electron chi connectivity index (χ4n) is 4.46. The van der Waals surface area contributed by atoms with E-state index in [0.717, 1.165) is 11.8 Å². The number of H-pyrrole nitrogens is 1. The SMILES string of the molecule is O=C(c1cnn2ccccc12)N1CCc2[nH]cnc2C1c1cc2c(C(F)(F)F)cccn2n1. The van der Waals surface area contributed by atoms with Crippen molar-refractivity contribution < 1.29 is 18.0 Å². The number of halogens is 3. The Bertz CT molecular complexity index is 1510. The molecule has 1 amide bonds. The van der Waals surface area contributed by atoms with Crippen LogP contribution < -0.4 is 0 Å². The van der Waals surface area contributed by atoms with E-state index in [-0.39, 0.29) is 11.4 Å². The van der Waals surface area contributed by atoms with E-state index >= 15 is 0 Å². The van der Waals surface area contributed by atoms with Gasteiger partial charge in [0.25, 0.3) is 5.91 Å². The Labute approximate surface area is 184 Å². The summed E-state index contributed by atoms with van der Waals surface area (Å²) in [6, 6.07) is 8.37. The lowest BCUT2D eigenvalue weighted by Gasteiger charge is -2.33. The topological polar surface area (TPSA) is 83.6 Å². The molecule has 1 atom stereocenters. The first-order valence-corrected chi connectivity index (χ1v) is 10.2. The van der Waals surface area contributed by atoms with Gasteiger partial charge in [0.1, 0.15) is 6.04 Å². The van der Waals surface area contributed by atoms with Crippen molar-refractivity contribution >= 4 is 16.9 Å². The van der Waals surface area contributed by atoms with E-state index in [1.54, 1.807) is 21.7 Å². The number of fused-ring (bicyclic) bond motifs is 3. The van der Waals surface area contributed by atoms with Crippen LogP contribution in [0.4, 0.5) is 13.2 Å². The molecule has 0 spiro atoms. The lowest BCUT2D eigenvalue weighted by Crippen LogP contribution is -2.41. The highest BCUT2D eigenvalue weighted by Crippen LogP contribution is 2.37. The van der Waals surface area contributed by atoms with E-state index in [0.29, 0.717) is 35.4 Å². The molecule has 0 aliphatic carbocycles. The number of nitrogens with one attached hydrogen (secondary N) is 1. The molecule has 1 aliphatic rings. The smallest absolute Gasteiger partial charge is 0.348 e. The van der Waals surface area contributed by atoms with Crippen molar-refractivity contribution in [3.05, 3.63) is 89.5 Å². The number of alkyl halides is 3. The van der Waals surface area contributed by atoms with E-state index in [9.17, 15) is 18.0 Å². The van der Waals surface area contributed by atoms with Crippen molar-refractivity contribution in [1.82, 2.24) is 34.1 Å². The molecule has 0 saturated carbocycles. The van der Waals surface area contributed by atoms with Gasteiger partial charge >= 0.3 is 6.18 Å². The van der Waals surface area contributed by atoms with Crippen LogP contribution in [-0.4, -0.2) is 46.5 Å². The number of aromatic nitrogens is 6. The third-order valence-electron chi connectivity index (χ3n) is 5.95. The van der Waals surface area contributed by atoms with Crippen molar-refractivity contribution in [1.29, 1.82) is 0 Å².